The third kappa shape index (κ3) is 2.25. The van der Waals surface area contributed by atoms with E-state index in [1.807, 2.05) is 6.92 Å². The molecule has 1 aliphatic heterocycles. The van der Waals surface area contributed by atoms with Gasteiger partial charge in [0.25, 0.3) is 0 Å². The molecule has 0 radical (unpaired) electrons. The molecule has 16 heavy (non-hydrogen) atoms. The van der Waals surface area contributed by atoms with Gasteiger partial charge in [0.05, 0.1) is 0 Å². The maximum Gasteiger partial charge on any atom is 0.130 e. The summed E-state index contributed by atoms with van der Waals surface area (Å²) in [6.07, 6.45) is 3.08. The van der Waals surface area contributed by atoms with Gasteiger partial charge in [-0.3, -0.25) is 0 Å². The molecular formula is C14H17ClO. The zero-order chi connectivity index (χ0) is 11.8. The van der Waals surface area contributed by atoms with E-state index >= 15 is 0 Å². The van der Waals surface area contributed by atoms with Gasteiger partial charge >= 0.3 is 0 Å². The first-order chi connectivity index (χ1) is 7.52. The quantitative estimate of drug-likeness (QED) is 0.705. The van der Waals surface area contributed by atoms with E-state index in [0.29, 0.717) is 5.88 Å². The van der Waals surface area contributed by atoms with Crippen LogP contribution in [0.2, 0.25) is 0 Å². The minimum Gasteiger partial charge on any atom is -0.487 e. The molecule has 0 amide bonds. The number of benzene rings is 1. The highest BCUT2D eigenvalue weighted by Crippen LogP contribution is 2.38. The summed E-state index contributed by atoms with van der Waals surface area (Å²) in [6.45, 7) is 6.27. The summed E-state index contributed by atoms with van der Waals surface area (Å²) >= 11 is 5.80. The molecule has 2 rings (SSSR count). The lowest BCUT2D eigenvalue weighted by molar-refractivity contribution is 0.138. The molecule has 0 aromatic heterocycles. The molecule has 0 spiro atoms. The number of halogens is 1. The Morgan fingerprint density at radius 3 is 2.94 bits per heavy atom. The Balaban J connectivity index is 2.41. The normalized spacial score (nSPS) is 18.1. The minimum atomic E-state index is -0.0822. The number of hydrogen-bond donors (Lipinski definition) is 0. The molecule has 0 saturated heterocycles. The fourth-order valence-corrected chi connectivity index (χ4v) is 2.13. The second-order valence-corrected chi connectivity index (χ2v) is 5.27. The Kier molecular flexibility index (Phi) is 2.98. The van der Waals surface area contributed by atoms with Crippen LogP contribution in [0.15, 0.2) is 23.8 Å². The van der Waals surface area contributed by atoms with Crippen molar-refractivity contribution in [1.29, 1.82) is 0 Å². The molecule has 0 fully saturated rings. The second-order valence-electron chi connectivity index (χ2n) is 5.00. The van der Waals surface area contributed by atoms with Crippen molar-refractivity contribution in [1.82, 2.24) is 0 Å². The summed E-state index contributed by atoms with van der Waals surface area (Å²) in [4.78, 5) is 0. The van der Waals surface area contributed by atoms with E-state index in [-0.39, 0.29) is 5.60 Å². The first kappa shape index (κ1) is 11.5. The van der Waals surface area contributed by atoms with Gasteiger partial charge in [0, 0.05) is 17.9 Å². The van der Waals surface area contributed by atoms with E-state index in [9.17, 15) is 0 Å². The molecular weight excluding hydrogens is 220 g/mol. The molecule has 1 aliphatic rings. The van der Waals surface area contributed by atoms with Crippen LogP contribution in [0.4, 0.5) is 0 Å². The Hall–Kier alpha value is -0.950. The van der Waals surface area contributed by atoms with Crippen LogP contribution in [0.1, 0.15) is 31.9 Å². The second kappa shape index (κ2) is 4.14. The highest BCUT2D eigenvalue weighted by Gasteiger charge is 2.30. The lowest BCUT2D eigenvalue weighted by atomic mass is 10.00. The molecule has 1 aromatic rings. The van der Waals surface area contributed by atoms with Gasteiger partial charge in [-0.2, -0.15) is 0 Å². The molecule has 2 heteroatoms. The Labute approximate surface area is 102 Å². The average molecular weight is 237 g/mol. The van der Waals surface area contributed by atoms with Gasteiger partial charge in [-0.05, 0) is 26.3 Å². The number of rotatable bonds is 2. The summed E-state index contributed by atoms with van der Waals surface area (Å²) in [7, 11) is 0. The number of fused-ring (bicyclic) bond motifs is 1. The van der Waals surface area contributed by atoms with Gasteiger partial charge in [-0.15, -0.1) is 11.6 Å². The highest BCUT2D eigenvalue weighted by atomic mass is 35.5. The lowest BCUT2D eigenvalue weighted by Gasteiger charge is -2.17. The first-order valence-corrected chi connectivity index (χ1v) is 6.09. The van der Waals surface area contributed by atoms with E-state index in [4.69, 9.17) is 16.3 Å². The Morgan fingerprint density at radius 2 is 2.25 bits per heavy atom. The third-order valence-corrected chi connectivity index (χ3v) is 3.16. The summed E-state index contributed by atoms with van der Waals surface area (Å²) in [6, 6.07) is 6.30. The third-order valence-electron chi connectivity index (χ3n) is 2.73. The van der Waals surface area contributed by atoms with Crippen molar-refractivity contribution in [3.05, 3.63) is 34.9 Å². The van der Waals surface area contributed by atoms with Crippen molar-refractivity contribution < 1.29 is 4.74 Å². The summed E-state index contributed by atoms with van der Waals surface area (Å²) in [5, 5.41) is 0. The van der Waals surface area contributed by atoms with Crippen LogP contribution in [-0.2, 0) is 6.42 Å². The molecule has 0 aliphatic carbocycles. The fraction of sp³-hybridized carbons (Fsp3) is 0.429. The van der Waals surface area contributed by atoms with E-state index in [2.05, 4.69) is 38.1 Å². The zero-order valence-corrected chi connectivity index (χ0v) is 10.8. The maximum atomic E-state index is 5.98. The van der Waals surface area contributed by atoms with Gasteiger partial charge < -0.3 is 4.74 Å². The van der Waals surface area contributed by atoms with Gasteiger partial charge in [0.1, 0.15) is 11.4 Å². The van der Waals surface area contributed by atoms with Crippen molar-refractivity contribution in [3.63, 3.8) is 0 Å². The van der Waals surface area contributed by atoms with Gasteiger partial charge in [0.15, 0.2) is 0 Å². The molecule has 1 aromatic carbocycles. The molecule has 0 N–H and O–H groups in total. The van der Waals surface area contributed by atoms with Crippen molar-refractivity contribution in [2.75, 3.05) is 5.88 Å². The number of ether oxygens (including phenoxy) is 1. The van der Waals surface area contributed by atoms with E-state index < -0.39 is 0 Å². The fourth-order valence-electron chi connectivity index (χ4n) is 2.06. The van der Waals surface area contributed by atoms with Gasteiger partial charge in [0.2, 0.25) is 0 Å². The van der Waals surface area contributed by atoms with Crippen molar-refractivity contribution in [3.8, 4) is 5.75 Å². The maximum absolute atomic E-state index is 5.98. The van der Waals surface area contributed by atoms with Crippen LogP contribution in [0.25, 0.3) is 6.08 Å². The average Bonchev–Trinajstić information content (AvgIpc) is 2.53. The van der Waals surface area contributed by atoms with Crippen LogP contribution < -0.4 is 4.74 Å². The van der Waals surface area contributed by atoms with Crippen molar-refractivity contribution in [2.24, 2.45) is 0 Å². The topological polar surface area (TPSA) is 9.23 Å². The van der Waals surface area contributed by atoms with E-state index in [0.717, 1.165) is 23.3 Å². The number of para-hydroxylation sites is 1. The number of alkyl halides is 1. The van der Waals surface area contributed by atoms with E-state index in [1.165, 1.54) is 5.56 Å². The van der Waals surface area contributed by atoms with Crippen LogP contribution in [0.3, 0.4) is 0 Å². The predicted molar refractivity (Wildman–Crippen MR) is 69.2 cm³/mol. The van der Waals surface area contributed by atoms with E-state index in [1.54, 1.807) is 0 Å². The van der Waals surface area contributed by atoms with Crippen LogP contribution >= 0.6 is 11.6 Å². The smallest absolute Gasteiger partial charge is 0.130 e. The molecule has 0 bridgehead atoms. The largest absolute Gasteiger partial charge is 0.487 e. The number of allylic oxidation sites excluding steroid dienone is 1. The van der Waals surface area contributed by atoms with Gasteiger partial charge in [-0.1, -0.05) is 29.8 Å². The predicted octanol–water partition coefficient (Wildman–Crippen LogP) is 4.04. The SMILES string of the molecule is CC(=Cc1cccc2c1OC(C)(C)C2)CCl. The van der Waals surface area contributed by atoms with Crippen molar-refractivity contribution in [2.45, 2.75) is 32.8 Å². The lowest BCUT2D eigenvalue weighted by Crippen LogP contribution is -2.24. The summed E-state index contributed by atoms with van der Waals surface area (Å²) < 4.78 is 5.98. The molecule has 0 atom stereocenters. The number of hydrogen-bond acceptors (Lipinski definition) is 1. The molecule has 1 nitrogen and oxygen atoms in total. The van der Waals surface area contributed by atoms with Crippen LogP contribution in [0, 0.1) is 0 Å². The molecule has 86 valence electrons. The first-order valence-electron chi connectivity index (χ1n) is 5.56. The standard InChI is InChI=1S/C14H17ClO/c1-10(9-15)7-11-5-4-6-12-8-14(2,3)16-13(11)12/h4-7H,8-9H2,1-3H3. The molecule has 0 saturated carbocycles. The van der Waals surface area contributed by atoms with Crippen LogP contribution in [-0.4, -0.2) is 11.5 Å². The van der Waals surface area contributed by atoms with Crippen molar-refractivity contribution >= 4 is 17.7 Å². The highest BCUT2D eigenvalue weighted by molar-refractivity contribution is 6.19. The minimum absolute atomic E-state index is 0.0822. The molecule has 0 unspecified atom stereocenters. The van der Waals surface area contributed by atoms with Gasteiger partial charge in [-0.25, -0.2) is 0 Å². The summed E-state index contributed by atoms with van der Waals surface area (Å²) in [5.74, 6) is 1.59. The summed E-state index contributed by atoms with van der Waals surface area (Å²) in [5.41, 5.74) is 3.51. The molecule has 1 heterocycles. The Morgan fingerprint density at radius 1 is 1.50 bits per heavy atom. The monoisotopic (exact) mass is 236 g/mol. The zero-order valence-electron chi connectivity index (χ0n) is 10.0. The van der Waals surface area contributed by atoms with Crippen LogP contribution in [0.5, 0.6) is 5.75 Å². The Bertz CT molecular complexity index is 432.